The van der Waals surface area contributed by atoms with Crippen molar-refractivity contribution in [1.82, 2.24) is 0 Å². The third-order valence-electron chi connectivity index (χ3n) is 5.33. The van der Waals surface area contributed by atoms with Crippen LogP contribution in [0.25, 0.3) is 22.1 Å². The lowest BCUT2D eigenvalue weighted by Crippen LogP contribution is -2.14. The number of benzene rings is 3. The van der Waals surface area contributed by atoms with Gasteiger partial charge < -0.3 is 18.6 Å². The number of carbonyl (C=O) groups excluding carboxylic acids is 1. The van der Waals surface area contributed by atoms with E-state index in [0.29, 0.717) is 50.5 Å². The van der Waals surface area contributed by atoms with Gasteiger partial charge in [-0.05, 0) is 53.9 Å². The van der Waals surface area contributed by atoms with Gasteiger partial charge >= 0.3 is 11.6 Å². The van der Waals surface area contributed by atoms with E-state index >= 15 is 0 Å². The first-order chi connectivity index (χ1) is 15.9. The highest BCUT2D eigenvalue weighted by Crippen LogP contribution is 2.35. The number of rotatable bonds is 6. The van der Waals surface area contributed by atoms with Gasteiger partial charge in [-0.25, -0.2) is 9.59 Å². The van der Waals surface area contributed by atoms with Gasteiger partial charge in [-0.2, -0.15) is 0 Å². The van der Waals surface area contributed by atoms with E-state index in [1.54, 1.807) is 67.8 Å². The van der Waals surface area contributed by atoms with Crippen molar-refractivity contribution in [2.24, 2.45) is 0 Å². The maximum Gasteiger partial charge on any atom is 0.344 e. The molecule has 1 unspecified atom stereocenters. The van der Waals surface area contributed by atoms with Gasteiger partial charge in [0.1, 0.15) is 11.3 Å². The van der Waals surface area contributed by atoms with Crippen molar-refractivity contribution in [3.63, 3.8) is 0 Å². The molecule has 0 aliphatic carbocycles. The molecule has 0 radical (unpaired) electrons. The predicted molar refractivity (Wildman–Crippen MR) is 126 cm³/mol. The Hall–Kier alpha value is -3.77. The van der Waals surface area contributed by atoms with Gasteiger partial charge in [0.15, 0.2) is 16.9 Å². The number of aryl methyl sites for hydroxylation is 1. The predicted octanol–water partition coefficient (Wildman–Crippen LogP) is 5.67. The zero-order chi connectivity index (χ0) is 23.5. The number of hydrogen-bond acceptors (Lipinski definition) is 6. The molecule has 0 fully saturated rings. The Kier molecular flexibility index (Phi) is 6.38. The van der Waals surface area contributed by atoms with Crippen LogP contribution in [0.15, 0.2) is 75.9 Å². The molecule has 0 N–H and O–H groups in total. The number of fused-ring (bicyclic) bond motifs is 1. The molecule has 33 heavy (non-hydrogen) atoms. The van der Waals surface area contributed by atoms with Crippen LogP contribution >= 0.6 is 11.6 Å². The number of methoxy groups -OCH3 is 2. The van der Waals surface area contributed by atoms with Gasteiger partial charge in [0.2, 0.25) is 0 Å². The van der Waals surface area contributed by atoms with E-state index in [4.69, 9.17) is 30.2 Å². The molecule has 0 bridgehead atoms. The minimum atomic E-state index is -0.945. The van der Waals surface area contributed by atoms with Gasteiger partial charge in [0.25, 0.3) is 0 Å². The van der Waals surface area contributed by atoms with E-state index in [1.807, 2.05) is 13.0 Å². The van der Waals surface area contributed by atoms with Crippen LogP contribution in [0.1, 0.15) is 16.5 Å². The lowest BCUT2D eigenvalue weighted by atomic mass is 9.99. The van der Waals surface area contributed by atoms with Gasteiger partial charge in [-0.3, -0.25) is 0 Å². The Morgan fingerprint density at radius 2 is 1.67 bits per heavy atom. The third kappa shape index (κ3) is 4.43. The van der Waals surface area contributed by atoms with Crippen LogP contribution in [-0.2, 0) is 4.79 Å². The minimum Gasteiger partial charge on any atom is -0.493 e. The standard InChI is InChI=1S/C26H21ClO6/c1-15-19-14-18(32-26(29)24(27)16-7-5-4-6-8-16)10-12-20(19)33-25(28)23(15)17-9-11-21(30-2)22(13-17)31-3/h4-14,24H,1-3H3. The monoisotopic (exact) mass is 464 g/mol. The fraction of sp³-hybridized carbons (Fsp3) is 0.154. The molecule has 0 aliphatic rings. The smallest absolute Gasteiger partial charge is 0.344 e. The zero-order valence-electron chi connectivity index (χ0n) is 18.3. The van der Waals surface area contributed by atoms with Crippen LogP contribution in [0.3, 0.4) is 0 Å². The van der Waals surface area contributed by atoms with Crippen molar-refractivity contribution >= 4 is 28.5 Å². The summed E-state index contributed by atoms with van der Waals surface area (Å²) in [5.74, 6) is 0.736. The van der Waals surface area contributed by atoms with Crippen LogP contribution in [-0.4, -0.2) is 20.2 Å². The number of alkyl halides is 1. The molecule has 0 amide bonds. The second-order valence-corrected chi connectivity index (χ2v) is 7.75. The molecule has 4 rings (SSSR count). The third-order valence-corrected chi connectivity index (χ3v) is 5.76. The molecule has 0 saturated carbocycles. The molecule has 1 heterocycles. The highest BCUT2D eigenvalue weighted by atomic mass is 35.5. The molecule has 0 saturated heterocycles. The van der Waals surface area contributed by atoms with Crippen molar-refractivity contribution in [2.75, 3.05) is 14.2 Å². The first-order valence-electron chi connectivity index (χ1n) is 10.1. The maximum absolute atomic E-state index is 12.8. The molecule has 0 spiro atoms. The van der Waals surface area contributed by atoms with E-state index in [0.717, 1.165) is 0 Å². The number of hydrogen-bond donors (Lipinski definition) is 0. The van der Waals surface area contributed by atoms with E-state index < -0.39 is 17.0 Å². The Morgan fingerprint density at radius 3 is 2.36 bits per heavy atom. The average molecular weight is 465 g/mol. The summed E-state index contributed by atoms with van der Waals surface area (Å²) in [5, 5.41) is -0.311. The molecule has 4 aromatic rings. The summed E-state index contributed by atoms with van der Waals surface area (Å²) in [4.78, 5) is 25.3. The summed E-state index contributed by atoms with van der Waals surface area (Å²) in [6.07, 6.45) is 0. The van der Waals surface area contributed by atoms with Crippen LogP contribution in [0.5, 0.6) is 17.2 Å². The van der Waals surface area contributed by atoms with Crippen molar-refractivity contribution in [1.29, 1.82) is 0 Å². The highest BCUT2D eigenvalue weighted by molar-refractivity contribution is 6.30. The largest absolute Gasteiger partial charge is 0.493 e. The molecule has 1 aromatic heterocycles. The van der Waals surface area contributed by atoms with E-state index in [9.17, 15) is 9.59 Å². The van der Waals surface area contributed by atoms with Gasteiger partial charge in [-0.15, -0.1) is 11.6 Å². The van der Waals surface area contributed by atoms with Crippen LogP contribution < -0.4 is 19.8 Å². The van der Waals surface area contributed by atoms with Crippen LogP contribution in [0, 0.1) is 6.92 Å². The maximum atomic E-state index is 12.8. The average Bonchev–Trinajstić information content (AvgIpc) is 2.84. The lowest BCUT2D eigenvalue weighted by Gasteiger charge is -2.13. The minimum absolute atomic E-state index is 0.296. The molecule has 6 nitrogen and oxygen atoms in total. The van der Waals surface area contributed by atoms with Gasteiger partial charge in [0, 0.05) is 5.39 Å². The second-order valence-electron chi connectivity index (χ2n) is 7.31. The molecule has 1 atom stereocenters. The topological polar surface area (TPSA) is 75.0 Å². The second kappa shape index (κ2) is 9.38. The Balaban J connectivity index is 1.72. The Morgan fingerprint density at radius 1 is 0.939 bits per heavy atom. The van der Waals surface area contributed by atoms with Gasteiger partial charge in [0.05, 0.1) is 19.8 Å². The molecule has 3 aromatic carbocycles. The molecule has 168 valence electrons. The first-order valence-corrected chi connectivity index (χ1v) is 10.6. The molecule has 0 aliphatic heterocycles. The Bertz CT molecular complexity index is 1380. The molecular weight excluding hydrogens is 444 g/mol. The SMILES string of the molecule is COc1ccc(-c2c(C)c3cc(OC(=O)C(Cl)c4ccccc4)ccc3oc2=O)cc1OC. The van der Waals surface area contributed by atoms with Crippen molar-refractivity contribution in [3.8, 4) is 28.4 Å². The van der Waals surface area contributed by atoms with E-state index in [2.05, 4.69) is 0 Å². The lowest BCUT2D eigenvalue weighted by molar-refractivity contribution is -0.134. The van der Waals surface area contributed by atoms with Crippen molar-refractivity contribution in [2.45, 2.75) is 12.3 Å². The summed E-state index contributed by atoms with van der Waals surface area (Å²) in [6.45, 7) is 1.81. The number of halogens is 1. The fourth-order valence-electron chi connectivity index (χ4n) is 3.65. The van der Waals surface area contributed by atoms with E-state index in [1.165, 1.54) is 7.11 Å². The Labute approximate surface area is 195 Å². The first kappa shape index (κ1) is 22.4. The summed E-state index contributed by atoms with van der Waals surface area (Å²) in [6, 6.07) is 19.0. The fourth-order valence-corrected chi connectivity index (χ4v) is 3.84. The number of carbonyl (C=O) groups is 1. The summed E-state index contributed by atoms with van der Waals surface area (Å²) >= 11 is 6.28. The van der Waals surface area contributed by atoms with Crippen molar-refractivity contribution < 1.29 is 23.4 Å². The molecule has 7 heteroatoms. The normalized spacial score (nSPS) is 11.8. The summed E-state index contributed by atoms with van der Waals surface area (Å²) in [7, 11) is 3.07. The highest BCUT2D eigenvalue weighted by Gasteiger charge is 2.21. The number of esters is 1. The zero-order valence-corrected chi connectivity index (χ0v) is 19.0. The van der Waals surface area contributed by atoms with Crippen LogP contribution in [0.2, 0.25) is 0 Å². The molecular formula is C26H21ClO6. The summed E-state index contributed by atoms with van der Waals surface area (Å²) in [5.41, 5.74) is 2.22. The van der Waals surface area contributed by atoms with Crippen LogP contribution in [0.4, 0.5) is 0 Å². The summed E-state index contributed by atoms with van der Waals surface area (Å²) < 4.78 is 21.7. The van der Waals surface area contributed by atoms with Gasteiger partial charge in [-0.1, -0.05) is 36.4 Å². The number of ether oxygens (including phenoxy) is 3. The van der Waals surface area contributed by atoms with Crippen molar-refractivity contribution in [3.05, 3.63) is 88.3 Å². The van der Waals surface area contributed by atoms with E-state index in [-0.39, 0.29) is 0 Å². The quantitative estimate of drug-likeness (QED) is 0.158.